The van der Waals surface area contributed by atoms with Gasteiger partial charge in [-0.25, -0.2) is 9.37 Å². The van der Waals surface area contributed by atoms with Crippen molar-refractivity contribution in [1.29, 1.82) is 0 Å². The maximum absolute atomic E-state index is 14.1. The highest BCUT2D eigenvalue weighted by molar-refractivity contribution is 6.31. The number of halogens is 2. The molecule has 118 valence electrons. The Morgan fingerprint density at radius 3 is 2.83 bits per heavy atom. The van der Waals surface area contributed by atoms with E-state index in [4.69, 9.17) is 11.6 Å². The minimum atomic E-state index is -0.301. The van der Waals surface area contributed by atoms with Crippen molar-refractivity contribution < 1.29 is 4.39 Å². The third-order valence-corrected chi connectivity index (χ3v) is 4.10. The van der Waals surface area contributed by atoms with Crippen molar-refractivity contribution in [3.05, 3.63) is 77.5 Å². The number of nitrogens with one attached hydrogen (secondary N) is 1. The molecule has 0 spiro atoms. The van der Waals surface area contributed by atoms with Gasteiger partial charge < -0.3 is 9.88 Å². The second-order valence-corrected chi connectivity index (χ2v) is 5.62. The summed E-state index contributed by atoms with van der Waals surface area (Å²) in [5.41, 5.74) is 2.35. The van der Waals surface area contributed by atoms with Crippen LogP contribution in [0.5, 0.6) is 0 Å². The second kappa shape index (κ2) is 6.84. The van der Waals surface area contributed by atoms with Gasteiger partial charge in [0.05, 0.1) is 17.6 Å². The third-order valence-electron chi connectivity index (χ3n) is 3.75. The van der Waals surface area contributed by atoms with Gasteiger partial charge in [0.2, 0.25) is 0 Å². The van der Waals surface area contributed by atoms with Crippen molar-refractivity contribution in [2.45, 2.75) is 13.0 Å². The van der Waals surface area contributed by atoms with E-state index < -0.39 is 0 Å². The van der Waals surface area contributed by atoms with E-state index in [1.165, 1.54) is 6.07 Å². The standard InChI is InChI=1S/C18H17ClFN3/c1-2-21-11-10-18-22-16-8-3-4-9-17(16)23(18)12-13-14(19)6-5-7-15(13)20/h2-9,21H,1,10-12H2. The van der Waals surface area contributed by atoms with Gasteiger partial charge in [-0.2, -0.15) is 0 Å². The summed E-state index contributed by atoms with van der Waals surface area (Å²) in [6.45, 7) is 4.72. The van der Waals surface area contributed by atoms with Gasteiger partial charge in [0.1, 0.15) is 11.6 Å². The van der Waals surface area contributed by atoms with Crippen LogP contribution in [0.1, 0.15) is 11.4 Å². The first-order valence-electron chi connectivity index (χ1n) is 7.42. The van der Waals surface area contributed by atoms with Crippen LogP contribution in [-0.2, 0) is 13.0 Å². The van der Waals surface area contributed by atoms with Crippen LogP contribution in [0.3, 0.4) is 0 Å². The Morgan fingerprint density at radius 2 is 2.04 bits per heavy atom. The lowest BCUT2D eigenvalue weighted by molar-refractivity contribution is 0.596. The van der Waals surface area contributed by atoms with Crippen LogP contribution in [0.2, 0.25) is 5.02 Å². The molecule has 0 amide bonds. The predicted octanol–water partition coefficient (Wildman–Crippen LogP) is 4.15. The normalized spacial score (nSPS) is 10.9. The van der Waals surface area contributed by atoms with Gasteiger partial charge in [-0.05, 0) is 30.5 Å². The smallest absolute Gasteiger partial charge is 0.129 e. The number of rotatable bonds is 6. The summed E-state index contributed by atoms with van der Waals surface area (Å²) in [6, 6.07) is 12.6. The summed E-state index contributed by atoms with van der Waals surface area (Å²) >= 11 is 6.18. The first kappa shape index (κ1) is 15.6. The zero-order valence-electron chi connectivity index (χ0n) is 12.6. The Morgan fingerprint density at radius 1 is 1.22 bits per heavy atom. The van der Waals surface area contributed by atoms with Gasteiger partial charge >= 0.3 is 0 Å². The highest BCUT2D eigenvalue weighted by Gasteiger charge is 2.14. The fourth-order valence-corrected chi connectivity index (χ4v) is 2.84. The number of aromatic nitrogens is 2. The lowest BCUT2D eigenvalue weighted by Crippen LogP contribution is -2.14. The molecule has 1 N–H and O–H groups in total. The molecule has 0 aliphatic heterocycles. The average molecular weight is 330 g/mol. The summed E-state index contributed by atoms with van der Waals surface area (Å²) in [7, 11) is 0. The molecular formula is C18H17ClFN3. The first-order chi connectivity index (χ1) is 11.2. The summed E-state index contributed by atoms with van der Waals surface area (Å²) in [6.07, 6.45) is 2.37. The summed E-state index contributed by atoms with van der Waals surface area (Å²) in [5.74, 6) is 0.588. The van der Waals surface area contributed by atoms with Crippen molar-refractivity contribution in [3.8, 4) is 0 Å². The van der Waals surface area contributed by atoms with Gasteiger partial charge in [-0.3, -0.25) is 0 Å². The Bertz CT molecular complexity index is 821. The molecular weight excluding hydrogens is 313 g/mol. The molecule has 0 bridgehead atoms. The fraction of sp³-hybridized carbons (Fsp3) is 0.167. The highest BCUT2D eigenvalue weighted by Crippen LogP contribution is 2.24. The fourth-order valence-electron chi connectivity index (χ4n) is 2.62. The molecule has 0 saturated carbocycles. The quantitative estimate of drug-likeness (QED) is 0.688. The van der Waals surface area contributed by atoms with Crippen LogP contribution >= 0.6 is 11.6 Å². The van der Waals surface area contributed by atoms with Crippen LogP contribution in [-0.4, -0.2) is 16.1 Å². The van der Waals surface area contributed by atoms with E-state index in [9.17, 15) is 4.39 Å². The van der Waals surface area contributed by atoms with Gasteiger partial charge in [-0.15, -0.1) is 0 Å². The lowest BCUT2D eigenvalue weighted by Gasteiger charge is -2.11. The zero-order valence-corrected chi connectivity index (χ0v) is 13.4. The Balaban J connectivity index is 2.03. The molecule has 23 heavy (non-hydrogen) atoms. The molecule has 3 nitrogen and oxygen atoms in total. The molecule has 1 aromatic heterocycles. The molecule has 5 heteroatoms. The molecule has 3 aromatic rings. The highest BCUT2D eigenvalue weighted by atomic mass is 35.5. The molecule has 0 radical (unpaired) electrons. The number of imidazole rings is 1. The monoisotopic (exact) mass is 329 g/mol. The molecule has 0 unspecified atom stereocenters. The molecule has 0 fully saturated rings. The number of para-hydroxylation sites is 2. The van der Waals surface area contributed by atoms with E-state index in [1.807, 2.05) is 28.8 Å². The van der Waals surface area contributed by atoms with Gasteiger partial charge in [-0.1, -0.05) is 36.4 Å². The summed E-state index contributed by atoms with van der Waals surface area (Å²) < 4.78 is 16.2. The van der Waals surface area contributed by atoms with Crippen LogP contribution in [0.25, 0.3) is 11.0 Å². The molecule has 0 aliphatic carbocycles. The Labute approximate surface area is 139 Å². The molecule has 0 atom stereocenters. The summed E-state index contributed by atoms with van der Waals surface area (Å²) in [5, 5.41) is 3.49. The van der Waals surface area contributed by atoms with Crippen molar-refractivity contribution >= 4 is 22.6 Å². The minimum Gasteiger partial charge on any atom is -0.391 e. The molecule has 2 aromatic carbocycles. The van der Waals surface area contributed by atoms with Crippen LogP contribution < -0.4 is 5.32 Å². The number of fused-ring (bicyclic) bond motifs is 1. The molecule has 1 heterocycles. The third kappa shape index (κ3) is 3.22. The average Bonchev–Trinajstić information content (AvgIpc) is 2.89. The zero-order chi connectivity index (χ0) is 16.2. The van der Waals surface area contributed by atoms with E-state index in [0.717, 1.165) is 23.4 Å². The largest absolute Gasteiger partial charge is 0.391 e. The molecule has 0 aliphatic rings. The SMILES string of the molecule is C=CNCCc1nc2ccccc2n1Cc1c(F)cccc1Cl. The minimum absolute atomic E-state index is 0.301. The van der Waals surface area contributed by atoms with Crippen molar-refractivity contribution in [2.24, 2.45) is 0 Å². The van der Waals surface area contributed by atoms with Gasteiger partial charge in [0, 0.05) is 23.6 Å². The van der Waals surface area contributed by atoms with E-state index in [0.29, 0.717) is 23.6 Å². The van der Waals surface area contributed by atoms with E-state index in [1.54, 1.807) is 18.3 Å². The number of hydrogen-bond acceptors (Lipinski definition) is 2. The number of nitrogens with zero attached hydrogens (tertiary/aromatic N) is 2. The lowest BCUT2D eigenvalue weighted by atomic mass is 10.2. The topological polar surface area (TPSA) is 29.9 Å². The maximum atomic E-state index is 14.1. The first-order valence-corrected chi connectivity index (χ1v) is 7.80. The van der Waals surface area contributed by atoms with Crippen LogP contribution in [0.15, 0.2) is 55.2 Å². The van der Waals surface area contributed by atoms with Crippen molar-refractivity contribution in [3.63, 3.8) is 0 Å². The number of hydrogen-bond donors (Lipinski definition) is 1. The second-order valence-electron chi connectivity index (χ2n) is 5.21. The Kier molecular flexibility index (Phi) is 4.63. The molecule has 0 saturated heterocycles. The van der Waals surface area contributed by atoms with Crippen LogP contribution in [0.4, 0.5) is 4.39 Å². The van der Waals surface area contributed by atoms with E-state index in [2.05, 4.69) is 16.9 Å². The van der Waals surface area contributed by atoms with E-state index in [-0.39, 0.29) is 5.82 Å². The van der Waals surface area contributed by atoms with Crippen molar-refractivity contribution in [1.82, 2.24) is 14.9 Å². The summed E-state index contributed by atoms with van der Waals surface area (Å²) in [4.78, 5) is 4.66. The van der Waals surface area contributed by atoms with Crippen molar-refractivity contribution in [2.75, 3.05) is 6.54 Å². The maximum Gasteiger partial charge on any atom is 0.129 e. The van der Waals surface area contributed by atoms with Gasteiger partial charge in [0.15, 0.2) is 0 Å². The Hall–Kier alpha value is -2.33. The van der Waals surface area contributed by atoms with E-state index >= 15 is 0 Å². The van der Waals surface area contributed by atoms with Crippen LogP contribution in [0, 0.1) is 5.82 Å². The number of benzene rings is 2. The molecule has 3 rings (SSSR count). The van der Waals surface area contributed by atoms with Gasteiger partial charge in [0.25, 0.3) is 0 Å². The predicted molar refractivity (Wildman–Crippen MR) is 92.1 cm³/mol.